The molecule has 1 aromatic rings. The van der Waals surface area contributed by atoms with Crippen molar-refractivity contribution in [2.45, 2.75) is 25.3 Å². The summed E-state index contributed by atoms with van der Waals surface area (Å²) in [6.07, 6.45) is 1.96. The van der Waals surface area contributed by atoms with Gasteiger partial charge in [-0.1, -0.05) is 11.6 Å². The lowest BCUT2D eigenvalue weighted by atomic mass is 10.0. The van der Waals surface area contributed by atoms with Crippen molar-refractivity contribution in [3.63, 3.8) is 0 Å². The van der Waals surface area contributed by atoms with E-state index in [-0.39, 0.29) is 42.6 Å². The summed E-state index contributed by atoms with van der Waals surface area (Å²) in [5.41, 5.74) is 6.67. The third-order valence-corrected chi connectivity index (χ3v) is 4.72. The molecule has 1 aromatic carbocycles. The summed E-state index contributed by atoms with van der Waals surface area (Å²) in [6, 6.07) is 7.33. The van der Waals surface area contributed by atoms with Gasteiger partial charge in [-0.3, -0.25) is 9.59 Å². The number of carbonyl (C=O) groups excluding carboxylic acids is 2. The van der Waals surface area contributed by atoms with Crippen LogP contribution in [0.25, 0.3) is 0 Å². The van der Waals surface area contributed by atoms with Gasteiger partial charge in [0.1, 0.15) is 0 Å². The van der Waals surface area contributed by atoms with Crippen molar-refractivity contribution >= 4 is 41.5 Å². The third kappa shape index (κ3) is 3.97. The van der Waals surface area contributed by atoms with E-state index in [2.05, 4.69) is 0 Å². The first kappa shape index (κ1) is 18.0. The van der Waals surface area contributed by atoms with Gasteiger partial charge in [-0.05, 0) is 37.1 Å². The molecule has 0 aliphatic carbocycles. The van der Waals surface area contributed by atoms with Crippen LogP contribution >= 0.6 is 24.0 Å². The fraction of sp³-hybridized carbons (Fsp3) is 0.500. The van der Waals surface area contributed by atoms with E-state index in [4.69, 9.17) is 17.3 Å². The van der Waals surface area contributed by atoms with E-state index in [1.807, 2.05) is 17.0 Å². The van der Waals surface area contributed by atoms with E-state index in [1.165, 1.54) is 0 Å². The minimum atomic E-state index is -0.252. The highest BCUT2D eigenvalue weighted by molar-refractivity contribution is 6.30. The van der Waals surface area contributed by atoms with Crippen LogP contribution in [0.4, 0.5) is 5.69 Å². The number of carbonyl (C=O) groups is 2. The number of piperidine rings is 1. The van der Waals surface area contributed by atoms with E-state index in [0.717, 1.165) is 18.5 Å². The highest BCUT2D eigenvalue weighted by Gasteiger charge is 2.37. The Morgan fingerprint density at radius 3 is 2.39 bits per heavy atom. The normalized spacial score (nSPS) is 22.2. The van der Waals surface area contributed by atoms with Gasteiger partial charge in [0.2, 0.25) is 11.8 Å². The van der Waals surface area contributed by atoms with Gasteiger partial charge >= 0.3 is 0 Å². The molecule has 2 heterocycles. The number of amides is 2. The molecule has 2 aliphatic rings. The number of hydrogen-bond donors (Lipinski definition) is 1. The second-order valence-corrected chi connectivity index (χ2v) is 6.48. The lowest BCUT2D eigenvalue weighted by molar-refractivity contribution is -0.136. The molecule has 2 aliphatic heterocycles. The number of likely N-dealkylation sites (tertiary alicyclic amines) is 1. The standard InChI is InChI=1S/C16H20ClN3O2.ClH/c17-12-1-3-14(4-2-12)20-10-11(9-15(20)21)16(22)19-7-5-13(18)6-8-19;/h1-4,11,13H,5-10,18H2;1H. The zero-order valence-corrected chi connectivity index (χ0v) is 14.4. The van der Waals surface area contributed by atoms with Crippen molar-refractivity contribution in [2.75, 3.05) is 24.5 Å². The smallest absolute Gasteiger partial charge is 0.228 e. The molecule has 0 spiro atoms. The second-order valence-electron chi connectivity index (χ2n) is 6.04. The van der Waals surface area contributed by atoms with Crippen molar-refractivity contribution < 1.29 is 9.59 Å². The Balaban J connectivity index is 0.00000192. The lowest BCUT2D eigenvalue weighted by Crippen LogP contribution is -2.45. The summed E-state index contributed by atoms with van der Waals surface area (Å²) in [6.45, 7) is 1.85. The maximum Gasteiger partial charge on any atom is 0.228 e. The molecule has 126 valence electrons. The fourth-order valence-corrected chi connectivity index (χ4v) is 3.25. The molecule has 0 aromatic heterocycles. The van der Waals surface area contributed by atoms with Crippen molar-refractivity contribution in [1.82, 2.24) is 4.90 Å². The Labute approximate surface area is 147 Å². The highest BCUT2D eigenvalue weighted by atomic mass is 35.5. The Morgan fingerprint density at radius 2 is 1.78 bits per heavy atom. The first-order valence-electron chi connectivity index (χ1n) is 7.65. The van der Waals surface area contributed by atoms with Gasteiger partial charge in [0.05, 0.1) is 5.92 Å². The number of anilines is 1. The van der Waals surface area contributed by atoms with E-state index >= 15 is 0 Å². The minimum Gasteiger partial charge on any atom is -0.342 e. The van der Waals surface area contributed by atoms with Crippen LogP contribution in [0.5, 0.6) is 0 Å². The second kappa shape index (κ2) is 7.51. The van der Waals surface area contributed by atoms with Crippen LogP contribution in [0.1, 0.15) is 19.3 Å². The van der Waals surface area contributed by atoms with Crippen LogP contribution < -0.4 is 10.6 Å². The molecule has 7 heteroatoms. The predicted octanol–water partition coefficient (Wildman–Crippen LogP) is 2.06. The van der Waals surface area contributed by atoms with Gasteiger partial charge in [0.15, 0.2) is 0 Å². The minimum absolute atomic E-state index is 0. The Bertz CT molecular complexity index is 571. The van der Waals surface area contributed by atoms with Gasteiger partial charge in [0, 0.05) is 42.8 Å². The van der Waals surface area contributed by atoms with Crippen LogP contribution in [0, 0.1) is 5.92 Å². The quantitative estimate of drug-likeness (QED) is 0.880. The molecule has 5 nitrogen and oxygen atoms in total. The average Bonchev–Trinajstić information content (AvgIpc) is 2.90. The lowest BCUT2D eigenvalue weighted by Gasteiger charge is -2.31. The molecule has 3 rings (SSSR count). The SMILES string of the molecule is Cl.NC1CCN(C(=O)C2CC(=O)N(c3ccc(Cl)cc3)C2)CC1. The van der Waals surface area contributed by atoms with Crippen LogP contribution in [-0.2, 0) is 9.59 Å². The van der Waals surface area contributed by atoms with E-state index in [0.29, 0.717) is 24.7 Å². The zero-order chi connectivity index (χ0) is 15.7. The number of nitrogens with zero attached hydrogens (tertiary/aromatic N) is 2. The average molecular weight is 358 g/mol. The van der Waals surface area contributed by atoms with Crippen molar-refractivity contribution in [1.29, 1.82) is 0 Å². The van der Waals surface area contributed by atoms with E-state index in [9.17, 15) is 9.59 Å². The first-order valence-corrected chi connectivity index (χ1v) is 8.02. The molecular formula is C16H21Cl2N3O2. The molecule has 0 radical (unpaired) electrons. The zero-order valence-electron chi connectivity index (χ0n) is 12.8. The molecular weight excluding hydrogens is 337 g/mol. The van der Waals surface area contributed by atoms with Gasteiger partial charge in [0.25, 0.3) is 0 Å². The molecule has 23 heavy (non-hydrogen) atoms. The summed E-state index contributed by atoms with van der Waals surface area (Å²) in [4.78, 5) is 28.3. The summed E-state index contributed by atoms with van der Waals surface area (Å²) in [5, 5.41) is 0.632. The van der Waals surface area contributed by atoms with Crippen molar-refractivity contribution in [3.05, 3.63) is 29.3 Å². The molecule has 2 N–H and O–H groups in total. The molecule has 2 fully saturated rings. The fourth-order valence-electron chi connectivity index (χ4n) is 3.12. The molecule has 0 bridgehead atoms. The summed E-state index contributed by atoms with van der Waals surface area (Å²) >= 11 is 5.87. The van der Waals surface area contributed by atoms with Gasteiger partial charge < -0.3 is 15.5 Å². The Hall–Kier alpha value is -1.30. The Morgan fingerprint density at radius 1 is 1.17 bits per heavy atom. The third-order valence-electron chi connectivity index (χ3n) is 4.46. The largest absolute Gasteiger partial charge is 0.342 e. The van der Waals surface area contributed by atoms with Crippen molar-refractivity contribution in [3.8, 4) is 0 Å². The number of nitrogens with two attached hydrogens (primary N) is 1. The maximum absolute atomic E-state index is 12.6. The molecule has 1 unspecified atom stereocenters. The van der Waals surface area contributed by atoms with E-state index in [1.54, 1.807) is 17.0 Å². The summed E-state index contributed by atoms with van der Waals surface area (Å²) in [7, 11) is 0. The molecule has 1 atom stereocenters. The monoisotopic (exact) mass is 357 g/mol. The molecule has 0 saturated carbocycles. The highest BCUT2D eigenvalue weighted by Crippen LogP contribution is 2.28. The van der Waals surface area contributed by atoms with E-state index < -0.39 is 0 Å². The predicted molar refractivity (Wildman–Crippen MR) is 92.9 cm³/mol. The van der Waals surface area contributed by atoms with Crippen LogP contribution in [-0.4, -0.2) is 42.4 Å². The van der Waals surface area contributed by atoms with Crippen LogP contribution in [0.15, 0.2) is 24.3 Å². The summed E-state index contributed by atoms with van der Waals surface area (Å²) in [5.74, 6) is -0.177. The topological polar surface area (TPSA) is 66.6 Å². The van der Waals surface area contributed by atoms with Crippen LogP contribution in [0.3, 0.4) is 0 Å². The molecule has 2 amide bonds. The Kier molecular flexibility index (Phi) is 5.89. The van der Waals surface area contributed by atoms with Crippen molar-refractivity contribution in [2.24, 2.45) is 11.7 Å². The maximum atomic E-state index is 12.6. The summed E-state index contributed by atoms with van der Waals surface area (Å²) < 4.78 is 0. The number of benzene rings is 1. The van der Waals surface area contributed by atoms with Crippen LogP contribution in [0.2, 0.25) is 5.02 Å². The number of rotatable bonds is 2. The first-order chi connectivity index (χ1) is 10.5. The van der Waals surface area contributed by atoms with Gasteiger partial charge in [-0.25, -0.2) is 0 Å². The van der Waals surface area contributed by atoms with Gasteiger partial charge in [-0.15, -0.1) is 12.4 Å². The number of halogens is 2. The molecule has 2 saturated heterocycles. The number of hydrogen-bond acceptors (Lipinski definition) is 3. The van der Waals surface area contributed by atoms with Gasteiger partial charge in [-0.2, -0.15) is 0 Å².